The Hall–Kier alpha value is -0.630. The highest BCUT2D eigenvalue weighted by atomic mass is 16.5. The third kappa shape index (κ3) is 4.09. The van der Waals surface area contributed by atoms with Crippen molar-refractivity contribution in [3.63, 3.8) is 0 Å². The summed E-state index contributed by atoms with van der Waals surface area (Å²) in [5.74, 6) is 0. The van der Waals surface area contributed by atoms with E-state index in [1.165, 1.54) is 0 Å². The molecule has 1 atom stereocenters. The summed E-state index contributed by atoms with van der Waals surface area (Å²) < 4.78 is 5.17. The van der Waals surface area contributed by atoms with Crippen molar-refractivity contribution in [2.75, 3.05) is 32.8 Å². The van der Waals surface area contributed by atoms with Crippen LogP contribution in [0.15, 0.2) is 0 Å². The predicted octanol–water partition coefficient (Wildman–Crippen LogP) is 1.01. The van der Waals surface area contributed by atoms with E-state index in [0.717, 1.165) is 25.9 Å². The molecule has 0 saturated carbocycles. The van der Waals surface area contributed by atoms with Crippen LogP contribution in [0.3, 0.4) is 0 Å². The Bertz CT molecular complexity index is 242. The van der Waals surface area contributed by atoms with Crippen LogP contribution in [0, 0.1) is 16.7 Å². The van der Waals surface area contributed by atoms with Gasteiger partial charge in [-0.25, -0.2) is 0 Å². The zero-order chi connectivity index (χ0) is 12.0. The molecule has 92 valence electrons. The quantitative estimate of drug-likeness (QED) is 0.760. The summed E-state index contributed by atoms with van der Waals surface area (Å²) in [6, 6.07) is 2.37. The fourth-order valence-electron chi connectivity index (χ4n) is 1.95. The Balaban J connectivity index is 2.24. The van der Waals surface area contributed by atoms with Gasteiger partial charge in [0, 0.05) is 13.2 Å². The van der Waals surface area contributed by atoms with E-state index in [2.05, 4.69) is 11.0 Å². The molecule has 0 bridgehead atoms. The third-order valence-electron chi connectivity index (χ3n) is 3.21. The minimum atomic E-state index is -0.411. The van der Waals surface area contributed by atoms with Crippen LogP contribution in [0.1, 0.15) is 26.7 Å². The fraction of sp³-hybridized carbons (Fsp3) is 0.917. The van der Waals surface area contributed by atoms with Crippen LogP contribution >= 0.6 is 0 Å². The minimum absolute atomic E-state index is 0.165. The molecule has 1 saturated heterocycles. The van der Waals surface area contributed by atoms with Gasteiger partial charge in [0.2, 0.25) is 0 Å². The lowest BCUT2D eigenvalue weighted by atomic mass is 9.82. The van der Waals surface area contributed by atoms with E-state index in [0.29, 0.717) is 19.8 Å². The Morgan fingerprint density at radius 3 is 2.62 bits per heavy atom. The van der Waals surface area contributed by atoms with Crippen molar-refractivity contribution >= 4 is 0 Å². The van der Waals surface area contributed by atoms with E-state index in [1.54, 1.807) is 0 Å². The number of hydrogen-bond acceptors (Lipinski definition) is 4. The van der Waals surface area contributed by atoms with Gasteiger partial charge < -0.3 is 14.7 Å². The van der Waals surface area contributed by atoms with Crippen LogP contribution in [-0.4, -0.2) is 49.0 Å². The topological polar surface area (TPSA) is 56.5 Å². The Kier molecular flexibility index (Phi) is 5.20. The maximum absolute atomic E-state index is 9.69. The van der Waals surface area contributed by atoms with Crippen molar-refractivity contribution in [2.24, 2.45) is 5.41 Å². The molecule has 4 heteroatoms. The average molecular weight is 226 g/mol. The Labute approximate surface area is 97.8 Å². The molecule has 0 aromatic rings. The highest BCUT2D eigenvalue weighted by Gasteiger charge is 2.30. The van der Waals surface area contributed by atoms with Gasteiger partial charge in [0.05, 0.1) is 24.2 Å². The van der Waals surface area contributed by atoms with Crippen molar-refractivity contribution in [3.05, 3.63) is 0 Å². The van der Waals surface area contributed by atoms with Crippen LogP contribution < -0.4 is 0 Å². The largest absolute Gasteiger partial charge is 0.389 e. The summed E-state index contributed by atoms with van der Waals surface area (Å²) in [6.07, 6.45) is 1.38. The highest BCUT2D eigenvalue weighted by molar-refractivity contribution is 4.98. The number of β-amino-alcohol motifs (C(OH)–C–C–N with tert-alkyl or cyclic N) is 1. The number of hydrogen-bond donors (Lipinski definition) is 1. The van der Waals surface area contributed by atoms with E-state index >= 15 is 0 Å². The van der Waals surface area contributed by atoms with Crippen molar-refractivity contribution in [2.45, 2.75) is 32.8 Å². The molecule has 0 spiro atoms. The van der Waals surface area contributed by atoms with Crippen molar-refractivity contribution in [3.8, 4) is 6.07 Å². The molecule has 1 fully saturated rings. The monoisotopic (exact) mass is 226 g/mol. The van der Waals surface area contributed by atoms with Gasteiger partial charge in [-0.1, -0.05) is 0 Å². The number of aliphatic hydroxyl groups excluding tert-OH is 1. The molecule has 0 aliphatic carbocycles. The summed E-state index contributed by atoms with van der Waals surface area (Å²) >= 11 is 0. The molecule has 1 aliphatic rings. The van der Waals surface area contributed by atoms with Crippen LogP contribution in [0.4, 0.5) is 0 Å². The van der Waals surface area contributed by atoms with E-state index in [9.17, 15) is 5.11 Å². The highest BCUT2D eigenvalue weighted by Crippen LogP contribution is 2.29. The van der Waals surface area contributed by atoms with Crippen molar-refractivity contribution < 1.29 is 9.84 Å². The number of nitrogens with zero attached hydrogens (tertiary/aromatic N) is 2. The standard InChI is InChI=1S/C12H22N2O2/c1-3-16-9-11(15)8-14-6-4-12(2,10-13)5-7-14/h11,15H,3-9H2,1-2H3. The van der Waals surface area contributed by atoms with Gasteiger partial charge in [-0.2, -0.15) is 5.26 Å². The molecule has 1 aliphatic heterocycles. The lowest BCUT2D eigenvalue weighted by Crippen LogP contribution is -2.42. The van der Waals surface area contributed by atoms with Gasteiger partial charge in [0.1, 0.15) is 0 Å². The summed E-state index contributed by atoms with van der Waals surface area (Å²) in [6.45, 7) is 7.43. The first-order valence-corrected chi connectivity index (χ1v) is 5.99. The molecule has 0 aromatic heterocycles. The lowest BCUT2D eigenvalue weighted by molar-refractivity contribution is 0.0121. The lowest BCUT2D eigenvalue weighted by Gasteiger charge is -2.35. The Morgan fingerprint density at radius 2 is 2.12 bits per heavy atom. The maximum Gasteiger partial charge on any atom is 0.0900 e. The molecule has 0 radical (unpaired) electrons. The number of ether oxygens (including phenoxy) is 1. The molecule has 1 heterocycles. The fourth-order valence-corrected chi connectivity index (χ4v) is 1.95. The summed E-state index contributed by atoms with van der Waals surface area (Å²) in [7, 11) is 0. The van der Waals surface area contributed by atoms with Gasteiger partial charge in [0.15, 0.2) is 0 Å². The molecule has 0 aromatic carbocycles. The van der Waals surface area contributed by atoms with Gasteiger partial charge in [-0.05, 0) is 39.8 Å². The predicted molar refractivity (Wildman–Crippen MR) is 61.9 cm³/mol. The molecular formula is C12H22N2O2. The smallest absolute Gasteiger partial charge is 0.0900 e. The number of piperidine rings is 1. The van der Waals surface area contributed by atoms with Gasteiger partial charge in [-0.3, -0.25) is 0 Å². The van der Waals surface area contributed by atoms with E-state index in [4.69, 9.17) is 10.00 Å². The van der Waals surface area contributed by atoms with E-state index in [-0.39, 0.29) is 5.41 Å². The SMILES string of the molecule is CCOCC(O)CN1CCC(C)(C#N)CC1. The number of likely N-dealkylation sites (tertiary alicyclic amines) is 1. The van der Waals surface area contributed by atoms with Crippen LogP contribution in [0.25, 0.3) is 0 Å². The molecule has 1 rings (SSSR count). The molecule has 4 nitrogen and oxygen atoms in total. The first kappa shape index (κ1) is 13.4. The zero-order valence-corrected chi connectivity index (χ0v) is 10.3. The number of aliphatic hydroxyl groups is 1. The average Bonchev–Trinajstić information content (AvgIpc) is 2.30. The third-order valence-corrected chi connectivity index (χ3v) is 3.21. The first-order valence-electron chi connectivity index (χ1n) is 5.99. The van der Waals surface area contributed by atoms with Crippen LogP contribution in [0.5, 0.6) is 0 Å². The summed E-state index contributed by atoms with van der Waals surface area (Å²) in [4.78, 5) is 2.21. The van der Waals surface area contributed by atoms with Gasteiger partial charge in [-0.15, -0.1) is 0 Å². The summed E-state index contributed by atoms with van der Waals surface area (Å²) in [5.41, 5.74) is -0.165. The van der Waals surface area contributed by atoms with Crippen molar-refractivity contribution in [1.29, 1.82) is 5.26 Å². The second-order valence-electron chi connectivity index (χ2n) is 4.79. The Morgan fingerprint density at radius 1 is 1.50 bits per heavy atom. The number of nitriles is 1. The second kappa shape index (κ2) is 6.19. The zero-order valence-electron chi connectivity index (χ0n) is 10.3. The molecule has 16 heavy (non-hydrogen) atoms. The van der Waals surface area contributed by atoms with Crippen molar-refractivity contribution in [1.82, 2.24) is 4.90 Å². The minimum Gasteiger partial charge on any atom is -0.389 e. The van der Waals surface area contributed by atoms with Crippen LogP contribution in [-0.2, 0) is 4.74 Å². The normalized spacial score (nSPS) is 22.6. The van der Waals surface area contributed by atoms with E-state index < -0.39 is 6.10 Å². The second-order valence-corrected chi connectivity index (χ2v) is 4.79. The van der Waals surface area contributed by atoms with Gasteiger partial charge in [0.25, 0.3) is 0 Å². The molecular weight excluding hydrogens is 204 g/mol. The number of rotatable bonds is 5. The van der Waals surface area contributed by atoms with E-state index in [1.807, 2.05) is 13.8 Å². The molecule has 1 N–H and O–H groups in total. The van der Waals surface area contributed by atoms with Gasteiger partial charge >= 0.3 is 0 Å². The maximum atomic E-state index is 9.69. The van der Waals surface area contributed by atoms with Crippen LogP contribution in [0.2, 0.25) is 0 Å². The molecule has 0 amide bonds. The molecule has 1 unspecified atom stereocenters. The first-order chi connectivity index (χ1) is 7.59. The summed E-state index contributed by atoms with van der Waals surface area (Å²) in [5, 5.41) is 18.7.